The highest BCUT2D eigenvalue weighted by Crippen LogP contribution is 2.31. The lowest BCUT2D eigenvalue weighted by molar-refractivity contribution is -0.132. The zero-order valence-corrected chi connectivity index (χ0v) is 13.9. The minimum atomic E-state index is 0. The summed E-state index contributed by atoms with van der Waals surface area (Å²) in [4.78, 5) is 18.7. The lowest BCUT2D eigenvalue weighted by atomic mass is 9.93. The normalized spacial score (nSPS) is 22.6. The molecule has 7 heteroatoms. The number of aryl methyl sites for hydroxylation is 1. The molecule has 1 atom stereocenters. The summed E-state index contributed by atoms with van der Waals surface area (Å²) >= 11 is 0. The van der Waals surface area contributed by atoms with Crippen LogP contribution in [0, 0.1) is 12.8 Å². The van der Waals surface area contributed by atoms with E-state index >= 15 is 0 Å². The fourth-order valence-corrected chi connectivity index (χ4v) is 3.43. The van der Waals surface area contributed by atoms with E-state index in [1.165, 1.54) is 12.8 Å². The second-order valence-corrected chi connectivity index (χ2v) is 6.15. The van der Waals surface area contributed by atoms with E-state index in [4.69, 9.17) is 4.52 Å². The van der Waals surface area contributed by atoms with E-state index in [9.17, 15) is 4.79 Å². The van der Waals surface area contributed by atoms with Gasteiger partial charge in [0.15, 0.2) is 5.82 Å². The van der Waals surface area contributed by atoms with E-state index in [0.29, 0.717) is 24.1 Å². The summed E-state index contributed by atoms with van der Waals surface area (Å²) in [6.45, 7) is 4.79. The molecule has 0 aliphatic carbocycles. The molecule has 1 aromatic rings. The van der Waals surface area contributed by atoms with E-state index in [-0.39, 0.29) is 24.4 Å². The van der Waals surface area contributed by atoms with Crippen molar-refractivity contribution < 1.29 is 9.32 Å². The third-order valence-corrected chi connectivity index (χ3v) is 4.64. The third kappa shape index (κ3) is 3.98. The molecule has 2 aliphatic heterocycles. The summed E-state index contributed by atoms with van der Waals surface area (Å²) in [5.74, 6) is 2.18. The Hall–Kier alpha value is -1.14. The zero-order chi connectivity index (χ0) is 14.7. The summed E-state index contributed by atoms with van der Waals surface area (Å²) in [7, 11) is 0. The quantitative estimate of drug-likeness (QED) is 0.917. The van der Waals surface area contributed by atoms with E-state index < -0.39 is 0 Å². The van der Waals surface area contributed by atoms with E-state index in [0.717, 1.165) is 38.9 Å². The number of rotatable bonds is 4. The average Bonchev–Trinajstić information content (AvgIpc) is 3.14. The van der Waals surface area contributed by atoms with Gasteiger partial charge in [-0.3, -0.25) is 4.79 Å². The molecular weight excluding hydrogens is 304 g/mol. The molecule has 6 nitrogen and oxygen atoms in total. The monoisotopic (exact) mass is 328 g/mol. The molecule has 1 N–H and O–H groups in total. The molecule has 0 bridgehead atoms. The van der Waals surface area contributed by atoms with Crippen LogP contribution in [0.2, 0.25) is 0 Å². The van der Waals surface area contributed by atoms with Crippen LogP contribution in [0.1, 0.15) is 56.3 Å². The van der Waals surface area contributed by atoms with Gasteiger partial charge < -0.3 is 14.7 Å². The Morgan fingerprint density at radius 3 is 2.82 bits per heavy atom. The van der Waals surface area contributed by atoms with Crippen molar-refractivity contribution in [3.8, 4) is 0 Å². The smallest absolute Gasteiger partial charge is 0.223 e. The number of likely N-dealkylation sites (tertiary alicyclic amines) is 1. The van der Waals surface area contributed by atoms with Crippen LogP contribution >= 0.6 is 12.4 Å². The third-order valence-electron chi connectivity index (χ3n) is 4.64. The molecule has 0 saturated carbocycles. The number of hydrogen-bond acceptors (Lipinski definition) is 5. The fourth-order valence-electron chi connectivity index (χ4n) is 3.43. The summed E-state index contributed by atoms with van der Waals surface area (Å²) in [5, 5.41) is 7.36. The largest absolute Gasteiger partial charge is 0.340 e. The highest BCUT2D eigenvalue weighted by molar-refractivity contribution is 5.85. The van der Waals surface area contributed by atoms with Gasteiger partial charge in [-0.2, -0.15) is 4.98 Å². The van der Waals surface area contributed by atoms with Crippen LogP contribution in [0.5, 0.6) is 0 Å². The Kier molecular flexibility index (Phi) is 6.20. The van der Waals surface area contributed by atoms with E-state index in [1.54, 1.807) is 6.92 Å². The van der Waals surface area contributed by atoms with Crippen molar-refractivity contribution in [1.82, 2.24) is 20.4 Å². The number of aromatic nitrogens is 2. The Morgan fingerprint density at radius 2 is 2.14 bits per heavy atom. The van der Waals surface area contributed by atoms with Crippen LogP contribution in [-0.2, 0) is 4.79 Å². The topological polar surface area (TPSA) is 71.3 Å². The second kappa shape index (κ2) is 7.92. The van der Waals surface area contributed by atoms with Gasteiger partial charge in [0, 0.05) is 19.9 Å². The maximum Gasteiger partial charge on any atom is 0.223 e. The molecule has 0 radical (unpaired) electrons. The first-order chi connectivity index (χ1) is 10.2. The molecule has 2 fully saturated rings. The molecule has 2 aliphatic rings. The lowest BCUT2D eigenvalue weighted by Crippen LogP contribution is -2.32. The predicted octanol–water partition coefficient (Wildman–Crippen LogP) is 2.24. The summed E-state index contributed by atoms with van der Waals surface area (Å²) in [6, 6.07) is 0.0166. The summed E-state index contributed by atoms with van der Waals surface area (Å²) in [5.41, 5.74) is 0. The highest BCUT2D eigenvalue weighted by atomic mass is 35.5. The summed E-state index contributed by atoms with van der Waals surface area (Å²) < 4.78 is 5.05. The van der Waals surface area contributed by atoms with Crippen LogP contribution in [-0.4, -0.2) is 40.6 Å². The van der Waals surface area contributed by atoms with Gasteiger partial charge in [0.05, 0.1) is 6.04 Å². The van der Waals surface area contributed by atoms with E-state index in [2.05, 4.69) is 15.5 Å². The van der Waals surface area contributed by atoms with Crippen molar-refractivity contribution in [2.45, 2.75) is 51.5 Å². The molecule has 1 unspecified atom stereocenters. The molecule has 3 heterocycles. The van der Waals surface area contributed by atoms with Crippen molar-refractivity contribution in [2.75, 3.05) is 19.6 Å². The van der Waals surface area contributed by atoms with Crippen molar-refractivity contribution in [3.05, 3.63) is 11.7 Å². The average molecular weight is 329 g/mol. The van der Waals surface area contributed by atoms with Gasteiger partial charge in [0.2, 0.25) is 11.8 Å². The van der Waals surface area contributed by atoms with Gasteiger partial charge in [0.25, 0.3) is 0 Å². The zero-order valence-electron chi connectivity index (χ0n) is 13.1. The number of piperidine rings is 1. The molecule has 0 spiro atoms. The molecule has 22 heavy (non-hydrogen) atoms. The second-order valence-electron chi connectivity index (χ2n) is 6.15. The van der Waals surface area contributed by atoms with Gasteiger partial charge in [-0.05, 0) is 51.1 Å². The van der Waals surface area contributed by atoms with Gasteiger partial charge in [-0.15, -0.1) is 12.4 Å². The maximum absolute atomic E-state index is 12.5. The van der Waals surface area contributed by atoms with Gasteiger partial charge >= 0.3 is 0 Å². The number of nitrogens with zero attached hydrogens (tertiary/aromatic N) is 3. The first kappa shape index (κ1) is 17.2. The Morgan fingerprint density at radius 1 is 1.36 bits per heavy atom. The SMILES string of the molecule is Cc1nc(C2CCCN2C(=O)CCC2CCNCC2)no1.Cl. The lowest BCUT2D eigenvalue weighted by Gasteiger charge is -2.25. The molecule has 1 aromatic heterocycles. The van der Waals surface area contributed by atoms with E-state index in [1.807, 2.05) is 4.90 Å². The van der Waals surface area contributed by atoms with Gasteiger partial charge in [0.1, 0.15) is 0 Å². The standard InChI is InChI=1S/C15H24N4O2.ClH/c1-11-17-15(18-21-11)13-3-2-10-19(13)14(20)5-4-12-6-8-16-9-7-12;/h12-13,16H,2-10H2,1H3;1H. The molecular formula is C15H25ClN4O2. The first-order valence-corrected chi connectivity index (χ1v) is 8.04. The van der Waals surface area contributed by atoms with Crippen molar-refractivity contribution in [3.63, 3.8) is 0 Å². The van der Waals surface area contributed by atoms with Crippen molar-refractivity contribution in [1.29, 1.82) is 0 Å². The molecule has 2 saturated heterocycles. The van der Waals surface area contributed by atoms with Crippen LogP contribution < -0.4 is 5.32 Å². The maximum atomic E-state index is 12.5. The molecule has 1 amide bonds. The van der Waals surface area contributed by atoms with Crippen LogP contribution in [0.25, 0.3) is 0 Å². The number of carbonyl (C=O) groups is 1. The van der Waals surface area contributed by atoms with Crippen molar-refractivity contribution in [2.24, 2.45) is 5.92 Å². The van der Waals surface area contributed by atoms with Gasteiger partial charge in [-0.1, -0.05) is 5.16 Å². The van der Waals surface area contributed by atoms with Crippen LogP contribution in [0.4, 0.5) is 0 Å². The van der Waals surface area contributed by atoms with Crippen LogP contribution in [0.3, 0.4) is 0 Å². The van der Waals surface area contributed by atoms with Crippen LogP contribution in [0.15, 0.2) is 4.52 Å². The minimum Gasteiger partial charge on any atom is -0.340 e. The number of hydrogen-bond donors (Lipinski definition) is 1. The Bertz CT molecular complexity index is 488. The predicted molar refractivity (Wildman–Crippen MR) is 84.8 cm³/mol. The Labute approximate surface area is 137 Å². The minimum absolute atomic E-state index is 0. The molecule has 124 valence electrons. The highest BCUT2D eigenvalue weighted by Gasteiger charge is 2.33. The number of carbonyl (C=O) groups excluding carboxylic acids is 1. The fraction of sp³-hybridized carbons (Fsp3) is 0.800. The molecule has 3 rings (SSSR count). The first-order valence-electron chi connectivity index (χ1n) is 8.04. The van der Waals surface area contributed by atoms with Crippen molar-refractivity contribution >= 4 is 18.3 Å². The number of nitrogens with one attached hydrogen (secondary N) is 1. The Balaban J connectivity index is 0.00000176. The molecule has 0 aromatic carbocycles. The summed E-state index contributed by atoms with van der Waals surface area (Å²) in [6.07, 6.45) is 6.02. The number of amides is 1. The van der Waals surface area contributed by atoms with Gasteiger partial charge in [-0.25, -0.2) is 0 Å². The number of halogens is 1.